The van der Waals surface area contributed by atoms with Gasteiger partial charge in [-0.25, -0.2) is 0 Å². The molecule has 0 radical (unpaired) electrons. The van der Waals surface area contributed by atoms with Gasteiger partial charge in [-0.15, -0.1) is 0 Å². The highest BCUT2D eigenvalue weighted by Crippen LogP contribution is 2.28. The van der Waals surface area contributed by atoms with Crippen molar-refractivity contribution in [3.63, 3.8) is 0 Å². The predicted molar refractivity (Wildman–Crippen MR) is 68.9 cm³/mol. The molecule has 1 unspecified atom stereocenters. The lowest BCUT2D eigenvalue weighted by molar-refractivity contribution is 0.152. The van der Waals surface area contributed by atoms with Crippen LogP contribution in [-0.4, -0.2) is 13.2 Å². The second kappa shape index (κ2) is 5.55. The monoisotopic (exact) mass is 241 g/mol. The van der Waals surface area contributed by atoms with Gasteiger partial charge in [0, 0.05) is 5.92 Å². The number of ether oxygens (including phenoxy) is 1. The molecule has 0 saturated heterocycles. The maximum Gasteiger partial charge on any atom is 0.137 e. The Morgan fingerprint density at radius 1 is 1.31 bits per heavy atom. The van der Waals surface area contributed by atoms with E-state index in [4.69, 9.17) is 22.1 Å². The molecule has 0 heterocycles. The zero-order valence-corrected chi connectivity index (χ0v) is 10.9. The molecule has 0 aliphatic heterocycles. The number of rotatable bonds is 4. The van der Waals surface area contributed by atoms with Crippen LogP contribution < -0.4 is 10.5 Å². The molecule has 1 atom stereocenters. The molecule has 3 heteroatoms. The minimum absolute atomic E-state index is 0.149. The lowest BCUT2D eigenvalue weighted by Crippen LogP contribution is -2.33. The summed E-state index contributed by atoms with van der Waals surface area (Å²) in [7, 11) is 0. The second-order valence-corrected chi connectivity index (χ2v) is 5.45. The third-order valence-electron chi connectivity index (χ3n) is 2.79. The van der Waals surface area contributed by atoms with Gasteiger partial charge in [-0.05, 0) is 24.1 Å². The molecule has 90 valence electrons. The number of hydrogen-bond donors (Lipinski definition) is 1. The van der Waals surface area contributed by atoms with E-state index in [0.717, 1.165) is 5.75 Å². The van der Waals surface area contributed by atoms with E-state index in [1.54, 1.807) is 0 Å². The van der Waals surface area contributed by atoms with E-state index in [1.807, 2.05) is 24.3 Å². The third kappa shape index (κ3) is 3.69. The summed E-state index contributed by atoms with van der Waals surface area (Å²) in [5, 5.41) is 0.646. The van der Waals surface area contributed by atoms with Crippen molar-refractivity contribution in [1.29, 1.82) is 0 Å². The Bertz CT molecular complexity index is 333. The van der Waals surface area contributed by atoms with E-state index in [2.05, 4.69) is 20.8 Å². The lowest BCUT2D eigenvalue weighted by atomic mass is 9.81. The first-order valence-electron chi connectivity index (χ1n) is 5.52. The van der Waals surface area contributed by atoms with Crippen LogP contribution in [0.2, 0.25) is 5.02 Å². The van der Waals surface area contributed by atoms with Gasteiger partial charge in [-0.3, -0.25) is 0 Å². The van der Waals surface area contributed by atoms with Crippen molar-refractivity contribution in [2.45, 2.75) is 20.8 Å². The second-order valence-electron chi connectivity index (χ2n) is 5.04. The van der Waals surface area contributed by atoms with E-state index in [9.17, 15) is 0 Å². The molecule has 0 fully saturated rings. The maximum absolute atomic E-state index is 6.01. The van der Waals surface area contributed by atoms with Gasteiger partial charge in [0.2, 0.25) is 0 Å². The number of hydrogen-bond acceptors (Lipinski definition) is 2. The predicted octanol–water partition coefficient (Wildman–Crippen LogP) is 3.34. The van der Waals surface area contributed by atoms with E-state index < -0.39 is 0 Å². The Hall–Kier alpha value is -0.730. The van der Waals surface area contributed by atoms with Crippen LogP contribution in [0.1, 0.15) is 20.8 Å². The van der Waals surface area contributed by atoms with E-state index in [0.29, 0.717) is 24.1 Å². The van der Waals surface area contributed by atoms with Gasteiger partial charge in [-0.1, -0.05) is 44.5 Å². The number of para-hydroxylation sites is 1. The fourth-order valence-corrected chi connectivity index (χ4v) is 1.61. The fourth-order valence-electron chi connectivity index (χ4n) is 1.42. The average Bonchev–Trinajstić information content (AvgIpc) is 2.19. The number of benzene rings is 1. The summed E-state index contributed by atoms with van der Waals surface area (Å²) >= 11 is 6.01. The Morgan fingerprint density at radius 3 is 2.44 bits per heavy atom. The molecule has 0 aliphatic rings. The molecule has 0 bridgehead atoms. The third-order valence-corrected chi connectivity index (χ3v) is 3.10. The molecule has 0 saturated carbocycles. The van der Waals surface area contributed by atoms with Gasteiger partial charge in [0.25, 0.3) is 0 Å². The van der Waals surface area contributed by atoms with Crippen molar-refractivity contribution in [2.75, 3.05) is 13.2 Å². The van der Waals surface area contributed by atoms with Crippen LogP contribution in [0.4, 0.5) is 0 Å². The molecule has 0 spiro atoms. The first-order chi connectivity index (χ1) is 7.45. The van der Waals surface area contributed by atoms with E-state index >= 15 is 0 Å². The highest BCUT2D eigenvalue weighted by molar-refractivity contribution is 6.32. The van der Waals surface area contributed by atoms with Crippen LogP contribution in [0.5, 0.6) is 5.75 Å². The Morgan fingerprint density at radius 2 is 1.94 bits per heavy atom. The highest BCUT2D eigenvalue weighted by Gasteiger charge is 2.24. The largest absolute Gasteiger partial charge is 0.492 e. The molecular formula is C13H20ClNO. The summed E-state index contributed by atoms with van der Waals surface area (Å²) in [6, 6.07) is 7.50. The van der Waals surface area contributed by atoms with Crippen molar-refractivity contribution >= 4 is 11.6 Å². The zero-order chi connectivity index (χ0) is 12.2. The SMILES string of the molecule is CC(C)(C)C(CN)COc1ccccc1Cl. The van der Waals surface area contributed by atoms with Crippen LogP contribution >= 0.6 is 11.6 Å². The van der Waals surface area contributed by atoms with Gasteiger partial charge < -0.3 is 10.5 Å². The molecule has 1 aromatic carbocycles. The van der Waals surface area contributed by atoms with Gasteiger partial charge in [-0.2, -0.15) is 0 Å². The Labute approximate surface area is 103 Å². The number of nitrogens with two attached hydrogens (primary N) is 1. The smallest absolute Gasteiger partial charge is 0.137 e. The van der Waals surface area contributed by atoms with Gasteiger partial charge in [0.1, 0.15) is 5.75 Å². The minimum Gasteiger partial charge on any atom is -0.492 e. The Kier molecular flexibility index (Phi) is 4.63. The zero-order valence-electron chi connectivity index (χ0n) is 10.2. The van der Waals surface area contributed by atoms with E-state index in [-0.39, 0.29) is 5.41 Å². The van der Waals surface area contributed by atoms with Crippen molar-refractivity contribution in [3.8, 4) is 5.75 Å². The van der Waals surface area contributed by atoms with Crippen LogP contribution in [0.3, 0.4) is 0 Å². The van der Waals surface area contributed by atoms with Gasteiger partial charge in [0.05, 0.1) is 11.6 Å². The normalized spacial score (nSPS) is 13.6. The summed E-state index contributed by atoms with van der Waals surface area (Å²) in [6.45, 7) is 7.72. The van der Waals surface area contributed by atoms with Crippen molar-refractivity contribution < 1.29 is 4.74 Å². The highest BCUT2D eigenvalue weighted by atomic mass is 35.5. The molecule has 0 aromatic heterocycles. The average molecular weight is 242 g/mol. The first-order valence-corrected chi connectivity index (χ1v) is 5.90. The molecule has 1 aromatic rings. The van der Waals surface area contributed by atoms with Crippen LogP contribution in [0.15, 0.2) is 24.3 Å². The maximum atomic E-state index is 6.01. The molecule has 0 amide bonds. The van der Waals surface area contributed by atoms with Gasteiger partial charge >= 0.3 is 0 Å². The lowest BCUT2D eigenvalue weighted by Gasteiger charge is -2.29. The summed E-state index contributed by atoms with van der Waals surface area (Å²) in [5.74, 6) is 1.05. The molecule has 2 nitrogen and oxygen atoms in total. The quantitative estimate of drug-likeness (QED) is 0.878. The summed E-state index contributed by atoms with van der Waals surface area (Å²) in [5.41, 5.74) is 5.90. The van der Waals surface area contributed by atoms with Crippen molar-refractivity contribution in [1.82, 2.24) is 0 Å². The first kappa shape index (κ1) is 13.3. The summed E-state index contributed by atoms with van der Waals surface area (Å²) in [4.78, 5) is 0. The van der Waals surface area contributed by atoms with Crippen molar-refractivity contribution in [3.05, 3.63) is 29.3 Å². The number of halogens is 1. The molecule has 16 heavy (non-hydrogen) atoms. The van der Waals surface area contributed by atoms with Crippen LogP contribution in [0, 0.1) is 11.3 Å². The van der Waals surface area contributed by atoms with Crippen LogP contribution in [-0.2, 0) is 0 Å². The fraction of sp³-hybridized carbons (Fsp3) is 0.538. The topological polar surface area (TPSA) is 35.2 Å². The van der Waals surface area contributed by atoms with Crippen molar-refractivity contribution in [2.24, 2.45) is 17.1 Å². The summed E-state index contributed by atoms with van der Waals surface area (Å²) in [6.07, 6.45) is 0. The molecule has 2 N–H and O–H groups in total. The molecule has 1 rings (SSSR count). The summed E-state index contributed by atoms with van der Waals surface area (Å²) < 4.78 is 5.70. The Balaban J connectivity index is 2.60. The molecule has 0 aliphatic carbocycles. The standard InChI is InChI=1S/C13H20ClNO/c1-13(2,3)10(8-15)9-16-12-7-5-4-6-11(12)14/h4-7,10H,8-9,15H2,1-3H3. The van der Waals surface area contributed by atoms with Crippen LogP contribution in [0.25, 0.3) is 0 Å². The van der Waals surface area contributed by atoms with E-state index in [1.165, 1.54) is 0 Å². The molecular weight excluding hydrogens is 222 g/mol. The van der Waals surface area contributed by atoms with Gasteiger partial charge in [0.15, 0.2) is 0 Å². The minimum atomic E-state index is 0.149.